The molecule has 4 heteroatoms. The van der Waals surface area contributed by atoms with Crippen LogP contribution in [0.4, 0.5) is 0 Å². The molecule has 2 saturated heterocycles. The van der Waals surface area contributed by atoms with E-state index < -0.39 is 6.29 Å². The van der Waals surface area contributed by atoms with E-state index in [1.54, 1.807) is 0 Å². The minimum absolute atomic E-state index is 0.0112. The van der Waals surface area contributed by atoms with Gasteiger partial charge in [0.2, 0.25) is 0 Å². The molecule has 0 amide bonds. The monoisotopic (exact) mass is 426 g/mol. The Labute approximate surface area is 187 Å². The molecule has 9 rings (SSSR count). The van der Waals surface area contributed by atoms with Crippen molar-refractivity contribution in [1.29, 1.82) is 0 Å². The number of benzene rings is 2. The van der Waals surface area contributed by atoms with Gasteiger partial charge in [-0.1, -0.05) is 60.7 Å². The van der Waals surface area contributed by atoms with Crippen molar-refractivity contribution in [2.45, 2.75) is 43.2 Å². The topological polar surface area (TPSA) is 44.8 Å². The van der Waals surface area contributed by atoms with Crippen LogP contribution in [-0.2, 0) is 19.0 Å². The van der Waals surface area contributed by atoms with Gasteiger partial charge in [-0.25, -0.2) is 0 Å². The van der Waals surface area contributed by atoms with Crippen molar-refractivity contribution in [3.05, 3.63) is 82.9 Å². The number of carbonyl (C=O) groups excluding carboxylic acids is 1. The maximum absolute atomic E-state index is 13.4. The number of allylic oxidation sites excluding steroid dienone is 2. The Morgan fingerprint density at radius 1 is 0.844 bits per heavy atom. The second kappa shape index (κ2) is 6.33. The van der Waals surface area contributed by atoms with Crippen LogP contribution in [0.25, 0.3) is 0 Å². The first-order valence-electron chi connectivity index (χ1n) is 12.1. The fraction of sp³-hybridized carbons (Fsp3) is 0.464. The summed E-state index contributed by atoms with van der Waals surface area (Å²) < 4.78 is 18.9. The van der Waals surface area contributed by atoms with E-state index in [0.717, 1.165) is 12.8 Å². The van der Waals surface area contributed by atoms with E-state index in [9.17, 15) is 4.79 Å². The molecule has 0 unspecified atom stereocenters. The zero-order valence-electron chi connectivity index (χ0n) is 17.8. The van der Waals surface area contributed by atoms with Crippen molar-refractivity contribution in [2.75, 3.05) is 6.61 Å². The summed E-state index contributed by atoms with van der Waals surface area (Å²) in [6.45, 7) is 0.588. The first-order valence-corrected chi connectivity index (χ1v) is 12.1. The van der Waals surface area contributed by atoms with Gasteiger partial charge in [-0.05, 0) is 46.9 Å². The number of hydrogen-bond acceptors (Lipinski definition) is 4. The lowest BCUT2D eigenvalue weighted by atomic mass is 9.51. The molecule has 32 heavy (non-hydrogen) atoms. The van der Waals surface area contributed by atoms with Gasteiger partial charge in [0.15, 0.2) is 12.4 Å². The molecule has 2 aromatic carbocycles. The van der Waals surface area contributed by atoms with E-state index in [1.165, 1.54) is 22.3 Å². The Morgan fingerprint density at radius 3 is 2.09 bits per heavy atom. The summed E-state index contributed by atoms with van der Waals surface area (Å²) >= 11 is 0. The summed E-state index contributed by atoms with van der Waals surface area (Å²) in [5.74, 6) is 1.76. The Balaban J connectivity index is 1.23. The number of ether oxygens (including phenoxy) is 3. The van der Waals surface area contributed by atoms with Gasteiger partial charge in [0.05, 0.1) is 18.6 Å². The number of rotatable bonds is 2. The first kappa shape index (κ1) is 18.0. The molecule has 7 aliphatic rings. The van der Waals surface area contributed by atoms with E-state index in [4.69, 9.17) is 14.2 Å². The summed E-state index contributed by atoms with van der Waals surface area (Å²) in [5, 5.41) is 0. The standard InChI is InChI=1S/C28H26O4/c29-27(20-12-14-9-10-15(20)11-14)32-26-25-23-18-7-3-1-5-16(18)22(17-6-2-4-8-19(17)23)24(25)21-13-30-28(26)31-21/h1-10,14-15,20-26,28H,11-13H2/t14-,15+,20-,21+,22?,23?,24-,25+,26+,28+/m0/s1. The molecule has 2 aliphatic heterocycles. The largest absolute Gasteiger partial charge is 0.456 e. The number of esters is 1. The first-order chi connectivity index (χ1) is 15.8. The van der Waals surface area contributed by atoms with E-state index in [2.05, 4.69) is 60.7 Å². The molecule has 162 valence electrons. The molecule has 0 radical (unpaired) electrons. The average molecular weight is 427 g/mol. The predicted octanol–water partition coefficient (Wildman–Crippen LogP) is 4.39. The SMILES string of the molecule is O=C(O[C@H]1[C@@H]2OC[C@@H](O2)[C@H]2C3c4ccccc4C(c4ccccc43)[C@@H]12)[C@H]1C[C@H]2C=C[C@@H]1C2. The number of carbonyl (C=O) groups is 1. The summed E-state index contributed by atoms with van der Waals surface area (Å²) in [6, 6.07) is 17.7. The highest BCUT2D eigenvalue weighted by molar-refractivity contribution is 5.74. The molecule has 4 nitrogen and oxygen atoms in total. The molecule has 1 saturated carbocycles. The summed E-state index contributed by atoms with van der Waals surface area (Å²) in [5.41, 5.74) is 5.61. The fourth-order valence-corrected chi connectivity index (χ4v) is 8.04. The Morgan fingerprint density at radius 2 is 1.50 bits per heavy atom. The fourth-order valence-electron chi connectivity index (χ4n) is 8.04. The van der Waals surface area contributed by atoms with Crippen LogP contribution in [-0.4, -0.2) is 31.1 Å². The average Bonchev–Trinajstić information content (AvgIpc) is 3.58. The maximum Gasteiger partial charge on any atom is 0.310 e. The van der Waals surface area contributed by atoms with Crippen LogP contribution >= 0.6 is 0 Å². The summed E-state index contributed by atoms with van der Waals surface area (Å²) in [4.78, 5) is 13.4. The van der Waals surface area contributed by atoms with E-state index in [-0.39, 0.29) is 47.8 Å². The lowest BCUT2D eigenvalue weighted by molar-refractivity contribution is -0.223. The molecule has 0 aromatic heterocycles. The van der Waals surface area contributed by atoms with E-state index >= 15 is 0 Å². The molecule has 2 aromatic rings. The minimum Gasteiger partial charge on any atom is -0.456 e. The minimum atomic E-state index is -0.446. The molecule has 5 aliphatic carbocycles. The lowest BCUT2D eigenvalue weighted by Crippen LogP contribution is -2.57. The molecule has 6 bridgehead atoms. The van der Waals surface area contributed by atoms with Crippen molar-refractivity contribution in [3.8, 4) is 0 Å². The van der Waals surface area contributed by atoms with Crippen LogP contribution in [0.15, 0.2) is 60.7 Å². The van der Waals surface area contributed by atoms with Gasteiger partial charge >= 0.3 is 5.97 Å². The normalized spacial score (nSPS) is 43.6. The third kappa shape index (κ3) is 2.22. The van der Waals surface area contributed by atoms with E-state index in [1.807, 2.05) is 0 Å². The van der Waals surface area contributed by atoms with Gasteiger partial charge in [-0.3, -0.25) is 4.79 Å². The highest BCUT2D eigenvalue weighted by Gasteiger charge is 2.63. The van der Waals surface area contributed by atoms with Crippen LogP contribution in [0.5, 0.6) is 0 Å². The Kier molecular flexibility index (Phi) is 3.57. The van der Waals surface area contributed by atoms with Gasteiger partial charge in [-0.15, -0.1) is 0 Å². The van der Waals surface area contributed by atoms with Crippen LogP contribution in [0, 0.1) is 29.6 Å². The van der Waals surface area contributed by atoms with Crippen molar-refractivity contribution in [2.24, 2.45) is 29.6 Å². The molecule has 0 N–H and O–H groups in total. The van der Waals surface area contributed by atoms with Crippen LogP contribution < -0.4 is 0 Å². The maximum atomic E-state index is 13.4. The van der Waals surface area contributed by atoms with Gasteiger partial charge in [0.25, 0.3) is 0 Å². The highest BCUT2D eigenvalue weighted by Crippen LogP contribution is 2.63. The van der Waals surface area contributed by atoms with E-state index in [0.29, 0.717) is 18.4 Å². The van der Waals surface area contributed by atoms with Crippen LogP contribution in [0.2, 0.25) is 0 Å². The molecule has 0 spiro atoms. The summed E-state index contributed by atoms with van der Waals surface area (Å²) in [7, 11) is 0. The third-order valence-corrected chi connectivity index (χ3v) is 9.19. The predicted molar refractivity (Wildman–Crippen MR) is 117 cm³/mol. The molecular formula is C28H26O4. The second-order valence-corrected chi connectivity index (χ2v) is 10.5. The molecular weight excluding hydrogens is 400 g/mol. The van der Waals surface area contributed by atoms with Crippen molar-refractivity contribution >= 4 is 5.97 Å². The zero-order valence-corrected chi connectivity index (χ0v) is 17.8. The van der Waals surface area contributed by atoms with Gasteiger partial charge in [-0.2, -0.15) is 0 Å². The third-order valence-electron chi connectivity index (χ3n) is 9.19. The van der Waals surface area contributed by atoms with Gasteiger partial charge in [0.1, 0.15) is 0 Å². The number of fused-ring (bicyclic) bond motifs is 4. The Bertz CT molecular complexity index is 1110. The zero-order chi connectivity index (χ0) is 21.0. The van der Waals surface area contributed by atoms with Gasteiger partial charge in [0, 0.05) is 23.7 Å². The van der Waals surface area contributed by atoms with Crippen molar-refractivity contribution in [3.63, 3.8) is 0 Å². The van der Waals surface area contributed by atoms with Crippen molar-refractivity contribution in [1.82, 2.24) is 0 Å². The molecule has 2 heterocycles. The highest BCUT2D eigenvalue weighted by atomic mass is 16.7. The quantitative estimate of drug-likeness (QED) is 0.528. The van der Waals surface area contributed by atoms with Crippen LogP contribution in [0.1, 0.15) is 46.9 Å². The second-order valence-electron chi connectivity index (χ2n) is 10.5. The summed E-state index contributed by atoms with van der Waals surface area (Å²) in [6.07, 6.45) is 5.76. The van der Waals surface area contributed by atoms with Gasteiger partial charge < -0.3 is 14.2 Å². The smallest absolute Gasteiger partial charge is 0.310 e. The number of hydrogen-bond donors (Lipinski definition) is 0. The molecule has 3 fully saturated rings. The van der Waals surface area contributed by atoms with Crippen molar-refractivity contribution < 1.29 is 19.0 Å². The Hall–Kier alpha value is -2.43. The lowest BCUT2D eigenvalue weighted by Gasteiger charge is -2.55. The molecule has 8 atom stereocenters. The van der Waals surface area contributed by atoms with Crippen LogP contribution in [0.3, 0.4) is 0 Å².